The van der Waals surface area contributed by atoms with Gasteiger partial charge in [0.05, 0.1) is 11.9 Å². The minimum Gasteiger partial charge on any atom is -0.264 e. The van der Waals surface area contributed by atoms with Gasteiger partial charge >= 0.3 is 0 Å². The summed E-state index contributed by atoms with van der Waals surface area (Å²) in [5, 5.41) is 15.3. The summed E-state index contributed by atoms with van der Waals surface area (Å²) < 4.78 is 0. The van der Waals surface area contributed by atoms with Crippen molar-refractivity contribution in [2.45, 2.75) is 105 Å². The summed E-state index contributed by atoms with van der Waals surface area (Å²) in [5.41, 5.74) is 5.43. The molecule has 0 N–H and O–H groups in total. The topological polar surface area (TPSA) is 90.2 Å². The van der Waals surface area contributed by atoms with E-state index in [2.05, 4.69) is 124 Å². The second-order valence-corrected chi connectivity index (χ2v) is 13.6. The Morgan fingerprint density at radius 3 is 1.25 bits per heavy atom. The molecule has 4 heterocycles. The Kier molecular flexibility index (Phi) is 13.1. The van der Waals surface area contributed by atoms with Gasteiger partial charge in [0.25, 0.3) is 0 Å². The second kappa shape index (κ2) is 15.2. The van der Waals surface area contributed by atoms with E-state index in [0.717, 1.165) is 5.69 Å². The molecule has 216 valence electrons. The standard InChI is InChI=1S/C9H13N.3C8H12N2/c1-9(2,3)8-5-4-6-10-7-8;1-8(2,3)7-4-9-6-10-5-7;1-8(2,3)7-4-5-9-10-6-7;1-8(2,3)7-5-4-6-9-10-7/h4-7H,1-3H3;3*4-6H,1-3H3. The molecule has 0 aliphatic heterocycles. The number of hydrogen-bond acceptors (Lipinski definition) is 7. The van der Waals surface area contributed by atoms with E-state index in [-0.39, 0.29) is 21.7 Å². The zero-order valence-corrected chi connectivity index (χ0v) is 26.6. The smallest absolute Gasteiger partial charge is 0.115 e. The first-order valence-electron chi connectivity index (χ1n) is 13.6. The molecular formula is C33H49N7. The first kappa shape index (κ1) is 34.4. The summed E-state index contributed by atoms with van der Waals surface area (Å²) in [4.78, 5) is 11.9. The molecule has 0 unspecified atom stereocenters. The van der Waals surface area contributed by atoms with E-state index in [0.29, 0.717) is 0 Å². The maximum atomic E-state index is 4.05. The molecule has 4 rings (SSSR count). The average molecular weight is 544 g/mol. The summed E-state index contributed by atoms with van der Waals surface area (Å²) in [7, 11) is 0. The molecule has 4 aromatic rings. The average Bonchev–Trinajstić information content (AvgIpc) is 2.90. The molecule has 0 aliphatic rings. The fraction of sp³-hybridized carbons (Fsp3) is 0.485. The Bertz CT molecular complexity index is 989. The lowest BCUT2D eigenvalue weighted by Crippen LogP contribution is -2.13. The van der Waals surface area contributed by atoms with Crippen molar-refractivity contribution in [3.63, 3.8) is 0 Å². The fourth-order valence-electron chi connectivity index (χ4n) is 2.93. The van der Waals surface area contributed by atoms with Crippen LogP contribution in [-0.4, -0.2) is 35.3 Å². The molecule has 0 fully saturated rings. The van der Waals surface area contributed by atoms with Crippen LogP contribution in [-0.2, 0) is 21.7 Å². The van der Waals surface area contributed by atoms with Gasteiger partial charge in [-0.2, -0.15) is 20.4 Å². The molecule has 0 saturated carbocycles. The van der Waals surface area contributed by atoms with Crippen molar-refractivity contribution in [3.05, 3.63) is 102 Å². The van der Waals surface area contributed by atoms with Gasteiger partial charge in [0.15, 0.2) is 0 Å². The van der Waals surface area contributed by atoms with Crippen LogP contribution in [0.15, 0.2) is 80.0 Å². The van der Waals surface area contributed by atoms with E-state index in [1.54, 1.807) is 31.1 Å². The molecule has 0 radical (unpaired) electrons. The molecule has 40 heavy (non-hydrogen) atoms. The highest BCUT2D eigenvalue weighted by molar-refractivity contribution is 5.18. The van der Waals surface area contributed by atoms with Gasteiger partial charge in [-0.1, -0.05) is 89.2 Å². The van der Waals surface area contributed by atoms with Crippen LogP contribution in [0.5, 0.6) is 0 Å². The van der Waals surface area contributed by atoms with Crippen LogP contribution in [0, 0.1) is 0 Å². The van der Waals surface area contributed by atoms with Crippen molar-refractivity contribution in [2.24, 2.45) is 0 Å². The summed E-state index contributed by atoms with van der Waals surface area (Å²) in [6, 6.07) is 9.97. The molecule has 0 atom stereocenters. The van der Waals surface area contributed by atoms with Crippen molar-refractivity contribution in [1.82, 2.24) is 35.3 Å². The molecule has 7 heteroatoms. The van der Waals surface area contributed by atoms with Crippen LogP contribution in [0.3, 0.4) is 0 Å². The molecule has 0 saturated heterocycles. The monoisotopic (exact) mass is 543 g/mol. The zero-order valence-electron chi connectivity index (χ0n) is 26.6. The Morgan fingerprint density at radius 2 is 0.950 bits per heavy atom. The molecule has 0 amide bonds. The minimum absolute atomic E-state index is 0.119. The summed E-state index contributed by atoms with van der Waals surface area (Å²) in [6.45, 7) is 25.8. The second-order valence-electron chi connectivity index (χ2n) is 13.6. The van der Waals surface area contributed by atoms with Crippen molar-refractivity contribution < 1.29 is 0 Å². The maximum Gasteiger partial charge on any atom is 0.115 e. The van der Waals surface area contributed by atoms with E-state index < -0.39 is 0 Å². The predicted octanol–water partition coefficient (Wildman–Crippen LogP) is 7.70. The van der Waals surface area contributed by atoms with Gasteiger partial charge in [-0.3, -0.25) is 4.98 Å². The quantitative estimate of drug-likeness (QED) is 0.224. The minimum atomic E-state index is 0.119. The van der Waals surface area contributed by atoms with Crippen LogP contribution < -0.4 is 0 Å². The number of aromatic nitrogens is 7. The van der Waals surface area contributed by atoms with Crippen LogP contribution >= 0.6 is 0 Å². The normalized spacial score (nSPS) is 11.5. The first-order chi connectivity index (χ1) is 18.4. The van der Waals surface area contributed by atoms with Gasteiger partial charge in [0, 0.05) is 42.6 Å². The number of hydrogen-bond donors (Lipinski definition) is 0. The van der Waals surface area contributed by atoms with Gasteiger partial charge in [-0.05, 0) is 57.2 Å². The summed E-state index contributed by atoms with van der Waals surface area (Å²) in [6.07, 6.45) is 14.2. The Morgan fingerprint density at radius 1 is 0.425 bits per heavy atom. The van der Waals surface area contributed by atoms with E-state index in [1.807, 2.05) is 42.9 Å². The van der Waals surface area contributed by atoms with E-state index >= 15 is 0 Å². The van der Waals surface area contributed by atoms with E-state index in [4.69, 9.17) is 0 Å². The summed E-state index contributed by atoms with van der Waals surface area (Å²) >= 11 is 0. The summed E-state index contributed by atoms with van der Waals surface area (Å²) in [5.74, 6) is 0. The molecule has 0 aliphatic carbocycles. The fourth-order valence-corrected chi connectivity index (χ4v) is 2.93. The van der Waals surface area contributed by atoms with E-state index in [1.165, 1.54) is 16.7 Å². The highest BCUT2D eigenvalue weighted by Crippen LogP contribution is 2.21. The van der Waals surface area contributed by atoms with Gasteiger partial charge in [-0.25, -0.2) is 9.97 Å². The van der Waals surface area contributed by atoms with Crippen LogP contribution in [0.4, 0.5) is 0 Å². The molecule has 7 nitrogen and oxygen atoms in total. The third-order valence-corrected chi connectivity index (χ3v) is 5.75. The van der Waals surface area contributed by atoms with Crippen molar-refractivity contribution in [3.8, 4) is 0 Å². The molecular weight excluding hydrogens is 494 g/mol. The van der Waals surface area contributed by atoms with Crippen molar-refractivity contribution in [2.75, 3.05) is 0 Å². The third-order valence-electron chi connectivity index (χ3n) is 5.75. The lowest BCUT2D eigenvalue weighted by molar-refractivity contribution is 0.558. The van der Waals surface area contributed by atoms with Crippen LogP contribution in [0.1, 0.15) is 105 Å². The molecule has 0 bridgehead atoms. The predicted molar refractivity (Wildman–Crippen MR) is 165 cm³/mol. The van der Waals surface area contributed by atoms with Crippen molar-refractivity contribution >= 4 is 0 Å². The lowest BCUT2D eigenvalue weighted by atomic mass is 9.88. The first-order valence-corrected chi connectivity index (χ1v) is 13.6. The van der Waals surface area contributed by atoms with Gasteiger partial charge in [0.2, 0.25) is 0 Å². The Labute approximate surface area is 242 Å². The largest absolute Gasteiger partial charge is 0.264 e. The van der Waals surface area contributed by atoms with Gasteiger partial charge in [-0.15, -0.1) is 0 Å². The maximum absolute atomic E-state index is 4.05. The van der Waals surface area contributed by atoms with Crippen LogP contribution in [0.25, 0.3) is 0 Å². The highest BCUT2D eigenvalue weighted by atomic mass is 15.1. The molecule has 4 aromatic heterocycles. The number of nitrogens with zero attached hydrogens (tertiary/aromatic N) is 7. The molecule has 0 aromatic carbocycles. The van der Waals surface area contributed by atoms with E-state index in [9.17, 15) is 0 Å². The Hall–Kier alpha value is -3.61. The SMILES string of the molecule is CC(C)(C)c1cccnc1.CC(C)(C)c1cccnn1.CC(C)(C)c1ccnnc1.CC(C)(C)c1cncnc1. The van der Waals surface area contributed by atoms with Gasteiger partial charge < -0.3 is 0 Å². The third kappa shape index (κ3) is 14.0. The van der Waals surface area contributed by atoms with Crippen molar-refractivity contribution in [1.29, 1.82) is 0 Å². The molecule has 0 spiro atoms. The van der Waals surface area contributed by atoms with Crippen LogP contribution in [0.2, 0.25) is 0 Å². The zero-order chi connectivity index (χ0) is 30.5. The highest BCUT2D eigenvalue weighted by Gasteiger charge is 2.15. The number of pyridine rings is 1. The number of rotatable bonds is 0. The van der Waals surface area contributed by atoms with Gasteiger partial charge in [0.1, 0.15) is 6.33 Å². The Balaban J connectivity index is 0.000000267. The lowest BCUT2D eigenvalue weighted by Gasteiger charge is -2.17.